The van der Waals surface area contributed by atoms with Crippen LogP contribution in [0.3, 0.4) is 0 Å². The van der Waals surface area contributed by atoms with E-state index in [0.29, 0.717) is 23.2 Å². The molecule has 0 fully saturated rings. The quantitative estimate of drug-likeness (QED) is 0.481. The number of anilines is 1. The standard InChI is InChI=1S/C21H16ClN3O2/c22-20-9-8-14(13-24-20)12-23-15-4-3-5-16(10-15)27-19-11-21(26)25-18-7-2-1-6-17(18)19/h1-11,13,23H,12H2,(H,25,26). The number of aromatic amines is 1. The number of hydrogen-bond acceptors (Lipinski definition) is 4. The molecule has 0 radical (unpaired) electrons. The lowest BCUT2D eigenvalue weighted by Gasteiger charge is -2.11. The summed E-state index contributed by atoms with van der Waals surface area (Å²) in [4.78, 5) is 18.8. The number of benzene rings is 2. The average molecular weight is 378 g/mol. The third-order valence-corrected chi connectivity index (χ3v) is 4.28. The molecule has 2 aromatic heterocycles. The number of aromatic nitrogens is 2. The molecule has 0 aliphatic heterocycles. The molecule has 0 aliphatic carbocycles. The topological polar surface area (TPSA) is 67.0 Å². The molecule has 27 heavy (non-hydrogen) atoms. The average Bonchev–Trinajstić information content (AvgIpc) is 2.68. The Morgan fingerprint density at radius 2 is 1.93 bits per heavy atom. The first kappa shape index (κ1) is 17.1. The molecule has 0 saturated carbocycles. The highest BCUT2D eigenvalue weighted by Crippen LogP contribution is 2.29. The fraction of sp³-hybridized carbons (Fsp3) is 0.0476. The van der Waals surface area contributed by atoms with Crippen molar-refractivity contribution in [1.29, 1.82) is 0 Å². The summed E-state index contributed by atoms with van der Waals surface area (Å²) in [5.74, 6) is 1.17. The van der Waals surface area contributed by atoms with E-state index in [4.69, 9.17) is 16.3 Å². The predicted octanol–water partition coefficient (Wildman–Crippen LogP) is 4.98. The molecule has 134 valence electrons. The third kappa shape index (κ3) is 4.10. The van der Waals surface area contributed by atoms with Gasteiger partial charge in [0.25, 0.3) is 5.56 Å². The van der Waals surface area contributed by atoms with Gasteiger partial charge in [-0.25, -0.2) is 4.98 Å². The number of fused-ring (bicyclic) bond motifs is 1. The van der Waals surface area contributed by atoms with Crippen molar-refractivity contribution in [1.82, 2.24) is 9.97 Å². The highest BCUT2D eigenvalue weighted by Gasteiger charge is 2.06. The molecule has 4 aromatic rings. The molecule has 0 aliphatic rings. The van der Waals surface area contributed by atoms with E-state index in [2.05, 4.69) is 15.3 Å². The lowest BCUT2D eigenvalue weighted by atomic mass is 10.2. The Bertz CT molecular complexity index is 1140. The van der Waals surface area contributed by atoms with Crippen molar-refractivity contribution < 1.29 is 4.74 Å². The Labute approximate surface area is 160 Å². The summed E-state index contributed by atoms with van der Waals surface area (Å²) in [6.45, 7) is 0.613. The minimum atomic E-state index is -0.201. The number of para-hydroxylation sites is 1. The molecule has 0 atom stereocenters. The number of nitrogens with zero attached hydrogens (tertiary/aromatic N) is 1. The van der Waals surface area contributed by atoms with Gasteiger partial charge < -0.3 is 15.0 Å². The number of pyridine rings is 2. The number of hydrogen-bond donors (Lipinski definition) is 2. The van der Waals surface area contributed by atoms with Crippen LogP contribution in [0.25, 0.3) is 10.9 Å². The summed E-state index contributed by atoms with van der Waals surface area (Å²) < 4.78 is 5.99. The molecule has 2 heterocycles. The number of rotatable bonds is 5. The lowest BCUT2D eigenvalue weighted by Crippen LogP contribution is -2.05. The molecule has 2 N–H and O–H groups in total. The zero-order chi connectivity index (χ0) is 18.6. The third-order valence-electron chi connectivity index (χ3n) is 4.06. The number of nitrogens with one attached hydrogen (secondary N) is 2. The van der Waals surface area contributed by atoms with Crippen molar-refractivity contribution in [2.24, 2.45) is 0 Å². The van der Waals surface area contributed by atoms with E-state index < -0.39 is 0 Å². The highest BCUT2D eigenvalue weighted by molar-refractivity contribution is 6.29. The van der Waals surface area contributed by atoms with E-state index in [-0.39, 0.29) is 5.56 Å². The first-order valence-electron chi connectivity index (χ1n) is 8.42. The van der Waals surface area contributed by atoms with Gasteiger partial charge >= 0.3 is 0 Å². The summed E-state index contributed by atoms with van der Waals surface area (Å²) >= 11 is 5.81. The molecule has 2 aromatic carbocycles. The van der Waals surface area contributed by atoms with Crippen LogP contribution in [-0.4, -0.2) is 9.97 Å². The minimum Gasteiger partial charge on any atom is -0.456 e. The molecule has 6 heteroatoms. The van der Waals surface area contributed by atoms with Gasteiger partial charge in [0.2, 0.25) is 0 Å². The van der Waals surface area contributed by atoms with Gasteiger partial charge in [-0.05, 0) is 35.9 Å². The molecule has 4 rings (SSSR count). The van der Waals surface area contributed by atoms with E-state index in [1.54, 1.807) is 12.3 Å². The minimum absolute atomic E-state index is 0.201. The van der Waals surface area contributed by atoms with Crippen molar-refractivity contribution in [2.75, 3.05) is 5.32 Å². The highest BCUT2D eigenvalue weighted by atomic mass is 35.5. The monoisotopic (exact) mass is 377 g/mol. The zero-order valence-electron chi connectivity index (χ0n) is 14.3. The maximum Gasteiger partial charge on any atom is 0.252 e. The van der Waals surface area contributed by atoms with Gasteiger partial charge in [0.1, 0.15) is 16.7 Å². The van der Waals surface area contributed by atoms with Crippen LogP contribution in [0.4, 0.5) is 5.69 Å². The maximum absolute atomic E-state index is 11.9. The normalized spacial score (nSPS) is 10.7. The molecule has 0 bridgehead atoms. The molecule has 5 nitrogen and oxygen atoms in total. The predicted molar refractivity (Wildman–Crippen MR) is 108 cm³/mol. The zero-order valence-corrected chi connectivity index (χ0v) is 15.0. The van der Waals surface area contributed by atoms with Crippen LogP contribution in [0.1, 0.15) is 5.56 Å². The van der Waals surface area contributed by atoms with Gasteiger partial charge in [-0.1, -0.05) is 35.9 Å². The Morgan fingerprint density at radius 3 is 2.78 bits per heavy atom. The number of ether oxygens (including phenoxy) is 1. The number of halogens is 1. The Morgan fingerprint density at radius 1 is 1.04 bits per heavy atom. The smallest absolute Gasteiger partial charge is 0.252 e. The van der Waals surface area contributed by atoms with E-state index in [0.717, 1.165) is 22.2 Å². The summed E-state index contributed by atoms with van der Waals surface area (Å²) in [7, 11) is 0. The van der Waals surface area contributed by atoms with Gasteiger partial charge in [-0.15, -0.1) is 0 Å². The van der Waals surface area contributed by atoms with Gasteiger partial charge in [-0.2, -0.15) is 0 Å². The fourth-order valence-electron chi connectivity index (χ4n) is 2.77. The molecule has 0 saturated heterocycles. The van der Waals surface area contributed by atoms with Crippen LogP contribution >= 0.6 is 11.6 Å². The largest absolute Gasteiger partial charge is 0.456 e. The van der Waals surface area contributed by atoms with Crippen molar-refractivity contribution in [2.45, 2.75) is 6.54 Å². The second-order valence-electron chi connectivity index (χ2n) is 6.02. The van der Waals surface area contributed by atoms with Gasteiger partial charge in [0, 0.05) is 35.9 Å². The Balaban J connectivity index is 1.55. The van der Waals surface area contributed by atoms with Crippen molar-refractivity contribution in [3.05, 3.63) is 94.0 Å². The second-order valence-corrected chi connectivity index (χ2v) is 6.40. The van der Waals surface area contributed by atoms with Crippen LogP contribution < -0.4 is 15.6 Å². The summed E-state index contributed by atoms with van der Waals surface area (Å²) in [5.41, 5.74) is 2.46. The van der Waals surface area contributed by atoms with E-state index in [9.17, 15) is 4.79 Å². The van der Waals surface area contributed by atoms with Crippen molar-refractivity contribution in [3.63, 3.8) is 0 Å². The summed E-state index contributed by atoms with van der Waals surface area (Å²) in [6, 6.07) is 20.3. The molecule has 0 amide bonds. The van der Waals surface area contributed by atoms with E-state index in [1.807, 2.05) is 54.6 Å². The van der Waals surface area contributed by atoms with Crippen LogP contribution in [0.15, 0.2) is 77.7 Å². The van der Waals surface area contributed by atoms with Crippen LogP contribution in [-0.2, 0) is 6.54 Å². The van der Waals surface area contributed by atoms with Gasteiger partial charge in [0.15, 0.2) is 0 Å². The van der Waals surface area contributed by atoms with Gasteiger partial charge in [0.05, 0.1) is 5.52 Å². The Hall–Kier alpha value is -3.31. The van der Waals surface area contributed by atoms with Crippen LogP contribution in [0.5, 0.6) is 11.5 Å². The van der Waals surface area contributed by atoms with Crippen LogP contribution in [0.2, 0.25) is 5.15 Å². The first-order valence-corrected chi connectivity index (χ1v) is 8.79. The van der Waals surface area contributed by atoms with Gasteiger partial charge in [-0.3, -0.25) is 4.79 Å². The summed E-state index contributed by atoms with van der Waals surface area (Å²) in [6.07, 6.45) is 1.73. The summed E-state index contributed by atoms with van der Waals surface area (Å²) in [5, 5.41) is 4.65. The SMILES string of the molecule is O=c1cc(Oc2cccc(NCc3ccc(Cl)nc3)c2)c2ccccc2[nH]1. The Kier molecular flexibility index (Phi) is 4.77. The maximum atomic E-state index is 11.9. The van der Waals surface area contributed by atoms with E-state index >= 15 is 0 Å². The second kappa shape index (κ2) is 7.51. The van der Waals surface area contributed by atoms with Crippen LogP contribution in [0, 0.1) is 0 Å². The number of H-pyrrole nitrogens is 1. The first-order chi connectivity index (χ1) is 13.2. The molecule has 0 spiro atoms. The lowest BCUT2D eigenvalue weighted by molar-refractivity contribution is 0.487. The molecular weight excluding hydrogens is 362 g/mol. The van der Waals surface area contributed by atoms with Crippen molar-refractivity contribution in [3.8, 4) is 11.5 Å². The van der Waals surface area contributed by atoms with E-state index in [1.165, 1.54) is 6.07 Å². The molecular formula is C21H16ClN3O2. The molecule has 0 unspecified atom stereocenters. The van der Waals surface area contributed by atoms with Crippen molar-refractivity contribution >= 4 is 28.2 Å². The fourth-order valence-corrected chi connectivity index (χ4v) is 2.88.